The SMILES string of the molecule is CCCCCC(NC=O)(NC=O)C1CC(C)(C)NC(C)(C)C1. The summed E-state index contributed by atoms with van der Waals surface area (Å²) >= 11 is 0. The summed E-state index contributed by atoms with van der Waals surface area (Å²) in [6.07, 6.45) is 7.24. The second kappa shape index (κ2) is 7.44. The van der Waals surface area contributed by atoms with Crippen molar-refractivity contribution in [3.63, 3.8) is 0 Å². The molecule has 0 unspecified atom stereocenters. The minimum atomic E-state index is -0.644. The predicted octanol–water partition coefficient (Wildman–Crippen LogP) is 2.31. The van der Waals surface area contributed by atoms with Crippen molar-refractivity contribution in [3.05, 3.63) is 0 Å². The Balaban J connectivity index is 3.05. The predicted molar refractivity (Wildman–Crippen MR) is 89.3 cm³/mol. The van der Waals surface area contributed by atoms with Gasteiger partial charge in [0.1, 0.15) is 5.66 Å². The van der Waals surface area contributed by atoms with Crippen molar-refractivity contribution in [2.45, 2.75) is 89.9 Å². The second-order valence-corrected chi connectivity index (χ2v) is 7.95. The van der Waals surface area contributed by atoms with E-state index >= 15 is 0 Å². The third-order valence-corrected chi connectivity index (χ3v) is 4.69. The van der Waals surface area contributed by atoms with Crippen molar-refractivity contribution in [3.8, 4) is 0 Å². The van der Waals surface area contributed by atoms with Gasteiger partial charge < -0.3 is 16.0 Å². The molecule has 3 N–H and O–H groups in total. The highest BCUT2D eigenvalue weighted by molar-refractivity contribution is 5.53. The molecule has 1 fully saturated rings. The molecule has 0 aromatic carbocycles. The Labute approximate surface area is 135 Å². The first kappa shape index (κ1) is 18.9. The largest absolute Gasteiger partial charge is 0.336 e. The Morgan fingerprint density at radius 3 is 1.95 bits per heavy atom. The van der Waals surface area contributed by atoms with Crippen LogP contribution >= 0.6 is 0 Å². The molecular formula is C17H33N3O2. The van der Waals surface area contributed by atoms with E-state index in [2.05, 4.69) is 50.6 Å². The fraction of sp³-hybridized carbons (Fsp3) is 0.882. The highest BCUT2D eigenvalue weighted by Crippen LogP contribution is 2.39. The Morgan fingerprint density at radius 1 is 1.05 bits per heavy atom. The first-order valence-electron chi connectivity index (χ1n) is 8.42. The summed E-state index contributed by atoms with van der Waals surface area (Å²) in [4.78, 5) is 22.4. The molecule has 128 valence electrons. The first-order chi connectivity index (χ1) is 10.2. The minimum absolute atomic E-state index is 0.0302. The standard InChI is InChI=1S/C17H33N3O2/c1-6-7-8-9-17(18-12-21,19-13-22)14-10-15(2,3)20-16(4,5)11-14/h12-14,20H,6-11H2,1-5H3,(H,18,21)(H,19,22). The molecule has 1 aliphatic rings. The van der Waals surface area contributed by atoms with Crippen LogP contribution < -0.4 is 16.0 Å². The molecule has 1 aliphatic heterocycles. The van der Waals surface area contributed by atoms with Crippen LogP contribution in [0.15, 0.2) is 0 Å². The van der Waals surface area contributed by atoms with E-state index in [0.29, 0.717) is 0 Å². The smallest absolute Gasteiger partial charge is 0.208 e. The quantitative estimate of drug-likeness (QED) is 0.348. The number of rotatable bonds is 9. The van der Waals surface area contributed by atoms with E-state index in [4.69, 9.17) is 0 Å². The van der Waals surface area contributed by atoms with Crippen LogP contribution in [0, 0.1) is 5.92 Å². The van der Waals surface area contributed by atoms with E-state index in [-0.39, 0.29) is 17.0 Å². The molecule has 1 rings (SSSR count). The summed E-state index contributed by atoms with van der Waals surface area (Å²) in [5.41, 5.74) is -0.704. The normalized spacial score (nSPS) is 21.1. The van der Waals surface area contributed by atoms with Crippen molar-refractivity contribution in [1.29, 1.82) is 0 Å². The van der Waals surface area contributed by atoms with Gasteiger partial charge in [-0.3, -0.25) is 9.59 Å². The van der Waals surface area contributed by atoms with Gasteiger partial charge in [-0.25, -0.2) is 0 Å². The molecule has 5 nitrogen and oxygen atoms in total. The van der Waals surface area contributed by atoms with Crippen LogP contribution in [0.4, 0.5) is 0 Å². The van der Waals surface area contributed by atoms with Gasteiger partial charge in [-0.15, -0.1) is 0 Å². The zero-order valence-electron chi connectivity index (χ0n) is 14.8. The lowest BCUT2D eigenvalue weighted by Gasteiger charge is -2.52. The van der Waals surface area contributed by atoms with Gasteiger partial charge in [-0.1, -0.05) is 19.8 Å². The van der Waals surface area contributed by atoms with Gasteiger partial charge in [0.05, 0.1) is 0 Å². The summed E-state index contributed by atoms with van der Waals surface area (Å²) in [5.74, 6) is 0.200. The van der Waals surface area contributed by atoms with E-state index in [0.717, 1.165) is 51.3 Å². The zero-order chi connectivity index (χ0) is 16.9. The van der Waals surface area contributed by atoms with Crippen LogP contribution in [-0.2, 0) is 9.59 Å². The second-order valence-electron chi connectivity index (χ2n) is 7.95. The fourth-order valence-corrected chi connectivity index (χ4v) is 4.16. The van der Waals surface area contributed by atoms with Crippen LogP contribution in [-0.4, -0.2) is 29.6 Å². The lowest BCUT2D eigenvalue weighted by atomic mass is 9.69. The monoisotopic (exact) mass is 311 g/mol. The molecule has 0 atom stereocenters. The van der Waals surface area contributed by atoms with Crippen molar-refractivity contribution >= 4 is 12.8 Å². The molecule has 1 saturated heterocycles. The molecule has 0 aromatic heterocycles. The van der Waals surface area contributed by atoms with Gasteiger partial charge in [-0.05, 0) is 53.4 Å². The highest BCUT2D eigenvalue weighted by atomic mass is 16.1. The summed E-state index contributed by atoms with van der Waals surface area (Å²) in [6, 6.07) is 0. The van der Waals surface area contributed by atoms with Gasteiger partial charge >= 0.3 is 0 Å². The van der Waals surface area contributed by atoms with Crippen LogP contribution in [0.1, 0.15) is 73.1 Å². The summed E-state index contributed by atoms with van der Waals surface area (Å²) in [5, 5.41) is 9.55. The zero-order valence-corrected chi connectivity index (χ0v) is 14.8. The maximum atomic E-state index is 11.2. The van der Waals surface area contributed by atoms with Crippen LogP contribution in [0.3, 0.4) is 0 Å². The fourth-order valence-electron chi connectivity index (χ4n) is 4.16. The topological polar surface area (TPSA) is 70.2 Å². The number of carbonyl (C=O) groups excluding carboxylic acids is 2. The Hall–Kier alpha value is -1.10. The van der Waals surface area contributed by atoms with Crippen molar-refractivity contribution in [2.24, 2.45) is 5.92 Å². The molecule has 0 radical (unpaired) electrons. The lowest BCUT2D eigenvalue weighted by molar-refractivity contribution is -0.117. The van der Waals surface area contributed by atoms with Crippen LogP contribution in [0.25, 0.3) is 0 Å². The first-order valence-corrected chi connectivity index (χ1v) is 8.42. The molecule has 0 aromatic rings. The Kier molecular flexibility index (Phi) is 6.41. The molecule has 0 aliphatic carbocycles. The number of piperidine rings is 1. The van der Waals surface area contributed by atoms with Crippen molar-refractivity contribution in [2.75, 3.05) is 0 Å². The third kappa shape index (κ3) is 4.97. The highest BCUT2D eigenvalue weighted by Gasteiger charge is 2.47. The van der Waals surface area contributed by atoms with E-state index < -0.39 is 5.66 Å². The number of hydrogen-bond donors (Lipinski definition) is 3. The van der Waals surface area contributed by atoms with E-state index in [1.54, 1.807) is 0 Å². The van der Waals surface area contributed by atoms with E-state index in [1.807, 2.05) is 0 Å². The molecular weight excluding hydrogens is 278 g/mol. The van der Waals surface area contributed by atoms with Gasteiger partial charge in [0.25, 0.3) is 0 Å². The molecule has 5 heteroatoms. The lowest BCUT2D eigenvalue weighted by Crippen LogP contribution is -2.68. The number of amides is 2. The number of carbonyl (C=O) groups is 2. The van der Waals surface area contributed by atoms with Gasteiger partial charge in [0.15, 0.2) is 0 Å². The maximum Gasteiger partial charge on any atom is 0.208 e. The molecule has 1 heterocycles. The van der Waals surface area contributed by atoms with Gasteiger partial charge in [-0.2, -0.15) is 0 Å². The third-order valence-electron chi connectivity index (χ3n) is 4.69. The minimum Gasteiger partial charge on any atom is -0.336 e. The maximum absolute atomic E-state index is 11.2. The molecule has 2 amide bonds. The molecule has 0 spiro atoms. The summed E-state index contributed by atoms with van der Waals surface area (Å²) < 4.78 is 0. The van der Waals surface area contributed by atoms with Crippen LogP contribution in [0.2, 0.25) is 0 Å². The molecule has 22 heavy (non-hydrogen) atoms. The van der Waals surface area contributed by atoms with Gasteiger partial charge in [0, 0.05) is 17.0 Å². The van der Waals surface area contributed by atoms with Crippen molar-refractivity contribution in [1.82, 2.24) is 16.0 Å². The summed E-state index contributed by atoms with van der Waals surface area (Å²) in [6.45, 7) is 10.9. The van der Waals surface area contributed by atoms with Crippen molar-refractivity contribution < 1.29 is 9.59 Å². The average molecular weight is 311 g/mol. The average Bonchev–Trinajstić information content (AvgIpc) is 2.35. The van der Waals surface area contributed by atoms with E-state index in [1.165, 1.54) is 0 Å². The Morgan fingerprint density at radius 2 is 1.55 bits per heavy atom. The number of hydrogen-bond acceptors (Lipinski definition) is 3. The molecule has 0 saturated carbocycles. The number of unbranched alkanes of at least 4 members (excludes halogenated alkanes) is 2. The number of nitrogens with one attached hydrogen (secondary N) is 3. The van der Waals surface area contributed by atoms with Gasteiger partial charge in [0.2, 0.25) is 12.8 Å². The van der Waals surface area contributed by atoms with Crippen LogP contribution in [0.5, 0.6) is 0 Å². The Bertz CT molecular complexity index is 354. The summed E-state index contributed by atoms with van der Waals surface area (Å²) in [7, 11) is 0. The van der Waals surface area contributed by atoms with E-state index in [9.17, 15) is 9.59 Å². The molecule has 0 bridgehead atoms.